The van der Waals surface area contributed by atoms with Gasteiger partial charge < -0.3 is 10.1 Å². The van der Waals surface area contributed by atoms with Gasteiger partial charge in [-0.3, -0.25) is 0 Å². The quantitative estimate of drug-likeness (QED) is 0.621. The molecule has 0 fully saturated rings. The lowest BCUT2D eigenvalue weighted by Gasteiger charge is -2.06. The maximum Gasteiger partial charge on any atom is 0.147 e. The maximum absolute atomic E-state index is 5.51. The number of anilines is 1. The second-order valence-corrected chi connectivity index (χ2v) is 4.73. The third kappa shape index (κ3) is 3.52. The Bertz CT molecular complexity index is 463. The Morgan fingerprint density at radius 1 is 1.35 bits per heavy atom. The number of halogens is 1. The number of aromatic nitrogens is 2. The molecular weight excluding hydrogens is 258 g/mol. The number of hydrogen-bond donors (Lipinski definition) is 1. The van der Waals surface area contributed by atoms with E-state index in [4.69, 9.17) is 16.3 Å². The van der Waals surface area contributed by atoms with Crippen molar-refractivity contribution in [1.82, 2.24) is 9.97 Å². The molecule has 0 aromatic carbocycles. The molecule has 0 radical (unpaired) electrons. The van der Waals surface area contributed by atoms with Gasteiger partial charge in [0, 0.05) is 19.0 Å². The third-order valence-corrected chi connectivity index (χ3v) is 3.29. The zero-order chi connectivity index (χ0) is 11.9. The summed E-state index contributed by atoms with van der Waals surface area (Å²) in [5, 5.41) is 5.32. The van der Waals surface area contributed by atoms with Crippen LogP contribution in [0, 0.1) is 0 Å². The SMILES string of the molecule is ClCCOCCCNc1ncnc2ccsc12. The predicted octanol–water partition coefficient (Wildman–Crippen LogP) is 2.75. The van der Waals surface area contributed by atoms with Crippen LogP contribution in [0.25, 0.3) is 10.2 Å². The van der Waals surface area contributed by atoms with Gasteiger partial charge in [0.15, 0.2) is 0 Å². The van der Waals surface area contributed by atoms with Gasteiger partial charge in [0.1, 0.15) is 12.1 Å². The summed E-state index contributed by atoms with van der Waals surface area (Å²) in [4.78, 5) is 8.43. The zero-order valence-electron chi connectivity index (χ0n) is 9.36. The molecule has 0 aliphatic rings. The second-order valence-electron chi connectivity index (χ2n) is 3.44. The lowest BCUT2D eigenvalue weighted by molar-refractivity contribution is 0.149. The molecule has 0 spiro atoms. The fraction of sp³-hybridized carbons (Fsp3) is 0.455. The molecule has 0 aliphatic carbocycles. The molecule has 0 saturated carbocycles. The first-order chi connectivity index (χ1) is 8.42. The van der Waals surface area contributed by atoms with Gasteiger partial charge in [0.05, 0.1) is 16.8 Å². The maximum atomic E-state index is 5.51. The van der Waals surface area contributed by atoms with Gasteiger partial charge in [-0.2, -0.15) is 0 Å². The van der Waals surface area contributed by atoms with E-state index in [1.807, 2.05) is 11.4 Å². The van der Waals surface area contributed by atoms with Crippen molar-refractivity contribution in [3.8, 4) is 0 Å². The molecule has 0 unspecified atom stereocenters. The lowest BCUT2D eigenvalue weighted by Crippen LogP contribution is -2.07. The molecule has 1 N–H and O–H groups in total. The molecule has 0 amide bonds. The Morgan fingerprint density at radius 2 is 2.29 bits per heavy atom. The molecule has 17 heavy (non-hydrogen) atoms. The fourth-order valence-corrected chi connectivity index (χ4v) is 2.37. The Kier molecular flexibility index (Phi) is 4.97. The number of hydrogen-bond acceptors (Lipinski definition) is 5. The van der Waals surface area contributed by atoms with Crippen LogP contribution in [0.3, 0.4) is 0 Å². The van der Waals surface area contributed by atoms with Crippen LogP contribution in [-0.4, -0.2) is 35.6 Å². The summed E-state index contributed by atoms with van der Waals surface area (Å²) in [6, 6.07) is 2.00. The number of nitrogens with zero attached hydrogens (tertiary/aromatic N) is 2. The minimum absolute atomic E-state index is 0.551. The second kappa shape index (κ2) is 6.74. The van der Waals surface area contributed by atoms with Crippen molar-refractivity contribution >= 4 is 39.0 Å². The summed E-state index contributed by atoms with van der Waals surface area (Å²) in [5.41, 5.74) is 0.992. The molecular formula is C11H14ClN3OS. The van der Waals surface area contributed by atoms with Gasteiger partial charge in [-0.05, 0) is 17.9 Å². The summed E-state index contributed by atoms with van der Waals surface area (Å²) in [6.45, 7) is 2.18. The highest BCUT2D eigenvalue weighted by Gasteiger charge is 2.03. The molecule has 2 rings (SSSR count). The summed E-state index contributed by atoms with van der Waals surface area (Å²) in [5.74, 6) is 1.46. The molecule has 0 aliphatic heterocycles. The summed E-state index contributed by atoms with van der Waals surface area (Å²) < 4.78 is 6.40. The van der Waals surface area contributed by atoms with Crippen molar-refractivity contribution in [2.45, 2.75) is 6.42 Å². The molecule has 4 nitrogen and oxygen atoms in total. The standard InChI is InChI=1S/C11H14ClN3OS/c12-3-6-16-5-1-4-13-11-10-9(2-7-17-10)14-8-15-11/h2,7-8H,1,3-6H2,(H,13,14,15). The first-order valence-electron chi connectivity index (χ1n) is 5.47. The zero-order valence-corrected chi connectivity index (χ0v) is 10.9. The van der Waals surface area contributed by atoms with Gasteiger partial charge in [0.2, 0.25) is 0 Å². The van der Waals surface area contributed by atoms with Crippen molar-refractivity contribution in [1.29, 1.82) is 0 Å². The topological polar surface area (TPSA) is 47.0 Å². The number of nitrogens with one attached hydrogen (secondary N) is 1. The van der Waals surface area contributed by atoms with Crippen LogP contribution in [0.1, 0.15) is 6.42 Å². The van der Waals surface area contributed by atoms with Crippen LogP contribution in [0.2, 0.25) is 0 Å². The summed E-state index contributed by atoms with van der Waals surface area (Å²) in [7, 11) is 0. The molecule has 2 aromatic heterocycles. The van der Waals surface area contributed by atoms with Crippen molar-refractivity contribution in [2.24, 2.45) is 0 Å². The number of fused-ring (bicyclic) bond motifs is 1. The first-order valence-corrected chi connectivity index (χ1v) is 6.89. The van der Waals surface area contributed by atoms with Crippen molar-refractivity contribution < 1.29 is 4.74 Å². The minimum Gasteiger partial charge on any atom is -0.380 e. The first kappa shape index (κ1) is 12.5. The van der Waals surface area contributed by atoms with Crippen LogP contribution in [-0.2, 0) is 4.74 Å². The Morgan fingerprint density at radius 3 is 3.18 bits per heavy atom. The molecule has 2 aromatic rings. The molecule has 92 valence electrons. The van der Waals surface area contributed by atoms with Crippen LogP contribution in [0.5, 0.6) is 0 Å². The predicted molar refractivity (Wildman–Crippen MR) is 72.1 cm³/mol. The van der Waals surface area contributed by atoms with Gasteiger partial charge in [0.25, 0.3) is 0 Å². The van der Waals surface area contributed by atoms with Crippen molar-refractivity contribution in [3.05, 3.63) is 17.8 Å². The molecule has 0 atom stereocenters. The van der Waals surface area contributed by atoms with E-state index in [1.165, 1.54) is 0 Å². The number of thiophene rings is 1. The van der Waals surface area contributed by atoms with Crippen LogP contribution in [0.4, 0.5) is 5.82 Å². The van der Waals surface area contributed by atoms with Crippen molar-refractivity contribution in [3.63, 3.8) is 0 Å². The molecule has 0 saturated heterocycles. The highest BCUT2D eigenvalue weighted by Crippen LogP contribution is 2.24. The van der Waals surface area contributed by atoms with Crippen LogP contribution >= 0.6 is 22.9 Å². The van der Waals surface area contributed by atoms with E-state index in [2.05, 4.69) is 15.3 Å². The van der Waals surface area contributed by atoms with Gasteiger partial charge in [-0.1, -0.05) is 0 Å². The van der Waals surface area contributed by atoms with E-state index in [0.717, 1.165) is 35.6 Å². The van der Waals surface area contributed by atoms with Crippen LogP contribution < -0.4 is 5.32 Å². The van der Waals surface area contributed by atoms with Gasteiger partial charge in [-0.25, -0.2) is 9.97 Å². The van der Waals surface area contributed by atoms with E-state index >= 15 is 0 Å². The number of rotatable bonds is 7. The van der Waals surface area contributed by atoms with E-state index < -0.39 is 0 Å². The average Bonchev–Trinajstić information content (AvgIpc) is 2.82. The molecule has 6 heteroatoms. The highest BCUT2D eigenvalue weighted by molar-refractivity contribution is 7.17. The van der Waals surface area contributed by atoms with Crippen molar-refractivity contribution in [2.75, 3.05) is 31.0 Å². The van der Waals surface area contributed by atoms with E-state index in [0.29, 0.717) is 12.5 Å². The minimum atomic E-state index is 0.551. The summed E-state index contributed by atoms with van der Waals surface area (Å²) >= 11 is 7.16. The van der Waals surface area contributed by atoms with Crippen LogP contribution in [0.15, 0.2) is 17.8 Å². The van der Waals surface area contributed by atoms with E-state index in [1.54, 1.807) is 17.7 Å². The Hall–Kier alpha value is -0.910. The van der Waals surface area contributed by atoms with E-state index in [-0.39, 0.29) is 0 Å². The fourth-order valence-electron chi connectivity index (χ4n) is 1.45. The molecule has 0 bridgehead atoms. The number of alkyl halides is 1. The Balaban J connectivity index is 1.80. The number of ether oxygens (including phenoxy) is 1. The third-order valence-electron chi connectivity index (χ3n) is 2.22. The van der Waals surface area contributed by atoms with Gasteiger partial charge in [-0.15, -0.1) is 22.9 Å². The highest BCUT2D eigenvalue weighted by atomic mass is 35.5. The summed E-state index contributed by atoms with van der Waals surface area (Å²) in [6.07, 6.45) is 2.52. The lowest BCUT2D eigenvalue weighted by atomic mass is 10.4. The van der Waals surface area contributed by atoms with E-state index in [9.17, 15) is 0 Å². The average molecular weight is 272 g/mol. The van der Waals surface area contributed by atoms with Gasteiger partial charge >= 0.3 is 0 Å². The molecule has 2 heterocycles. The monoisotopic (exact) mass is 271 g/mol. The largest absolute Gasteiger partial charge is 0.380 e. The smallest absolute Gasteiger partial charge is 0.147 e. The Labute approximate surface area is 109 Å². The normalized spacial score (nSPS) is 10.9.